The van der Waals surface area contributed by atoms with Crippen molar-refractivity contribution in [3.8, 4) is 0 Å². The Morgan fingerprint density at radius 1 is 1.69 bits per heavy atom. The van der Waals surface area contributed by atoms with Crippen LogP contribution in [0.4, 0.5) is 0 Å². The van der Waals surface area contributed by atoms with Crippen LogP contribution in [0.25, 0.3) is 0 Å². The van der Waals surface area contributed by atoms with Crippen LogP contribution in [0.5, 0.6) is 0 Å². The number of hydrogen-bond acceptors (Lipinski definition) is 3. The van der Waals surface area contributed by atoms with Crippen molar-refractivity contribution in [3.05, 3.63) is 24.0 Å². The molecule has 3 nitrogen and oxygen atoms in total. The third-order valence-electron chi connectivity index (χ3n) is 2.39. The Morgan fingerprint density at radius 3 is 2.92 bits per heavy atom. The van der Waals surface area contributed by atoms with E-state index in [1.54, 1.807) is 14.0 Å². The number of rotatable bonds is 3. The lowest BCUT2D eigenvalue weighted by molar-refractivity contribution is 0.138. The third-order valence-corrected chi connectivity index (χ3v) is 2.39. The highest BCUT2D eigenvalue weighted by Crippen LogP contribution is 2.22. The van der Waals surface area contributed by atoms with E-state index in [1.165, 1.54) is 0 Å². The van der Waals surface area contributed by atoms with Crippen molar-refractivity contribution in [1.29, 1.82) is 0 Å². The topological polar surface area (TPSA) is 55.5 Å². The molecule has 0 spiro atoms. The van der Waals surface area contributed by atoms with Crippen LogP contribution in [0.1, 0.15) is 13.3 Å². The van der Waals surface area contributed by atoms with E-state index < -0.39 is 6.10 Å². The van der Waals surface area contributed by atoms with Crippen molar-refractivity contribution in [3.63, 3.8) is 0 Å². The van der Waals surface area contributed by atoms with Crippen LogP contribution in [0.15, 0.2) is 24.0 Å². The van der Waals surface area contributed by atoms with Crippen molar-refractivity contribution in [2.75, 3.05) is 7.11 Å². The predicted molar refractivity (Wildman–Crippen MR) is 52.0 cm³/mol. The van der Waals surface area contributed by atoms with Gasteiger partial charge in [-0.1, -0.05) is 12.2 Å². The van der Waals surface area contributed by atoms with Gasteiger partial charge in [0.25, 0.3) is 0 Å². The summed E-state index contributed by atoms with van der Waals surface area (Å²) in [4.78, 5) is 0. The van der Waals surface area contributed by atoms with Crippen molar-refractivity contribution in [2.45, 2.75) is 25.5 Å². The van der Waals surface area contributed by atoms with Gasteiger partial charge in [-0.25, -0.2) is 0 Å². The minimum absolute atomic E-state index is 0.181. The zero-order valence-electron chi connectivity index (χ0n) is 8.10. The maximum absolute atomic E-state index is 9.31. The highest BCUT2D eigenvalue weighted by molar-refractivity contribution is 5.17. The summed E-state index contributed by atoms with van der Waals surface area (Å²) >= 11 is 0. The Balaban J connectivity index is 2.57. The van der Waals surface area contributed by atoms with Crippen LogP contribution in [0.3, 0.4) is 0 Å². The first kappa shape index (κ1) is 10.3. The Hall–Kier alpha value is -0.800. The van der Waals surface area contributed by atoms with E-state index in [2.05, 4.69) is 0 Å². The number of aliphatic hydroxyl groups excluding tert-OH is 1. The second-order valence-corrected chi connectivity index (χ2v) is 3.41. The molecule has 0 heterocycles. The van der Waals surface area contributed by atoms with Gasteiger partial charge in [0.2, 0.25) is 0 Å². The minimum Gasteiger partial charge on any atom is -0.501 e. The quantitative estimate of drug-likeness (QED) is 0.680. The molecule has 0 aliphatic heterocycles. The molecule has 0 amide bonds. The Morgan fingerprint density at radius 2 is 2.38 bits per heavy atom. The first-order chi connectivity index (χ1) is 6.15. The summed E-state index contributed by atoms with van der Waals surface area (Å²) in [5.74, 6) is 1.10. The fraction of sp³-hybridized carbons (Fsp3) is 0.600. The van der Waals surface area contributed by atoms with Crippen LogP contribution < -0.4 is 5.73 Å². The highest BCUT2D eigenvalue weighted by atomic mass is 16.5. The van der Waals surface area contributed by atoms with Crippen molar-refractivity contribution < 1.29 is 9.84 Å². The second-order valence-electron chi connectivity index (χ2n) is 3.41. The molecule has 1 rings (SSSR count). The number of methoxy groups -OCH3 is 1. The fourth-order valence-electron chi connectivity index (χ4n) is 1.45. The third kappa shape index (κ3) is 2.57. The monoisotopic (exact) mass is 183 g/mol. The Bertz CT molecular complexity index is 221. The molecule has 13 heavy (non-hydrogen) atoms. The summed E-state index contributed by atoms with van der Waals surface area (Å²) in [5, 5.41) is 9.31. The van der Waals surface area contributed by atoms with Gasteiger partial charge in [0.15, 0.2) is 0 Å². The molecule has 0 radical (unpaired) electrons. The first-order valence-corrected chi connectivity index (χ1v) is 4.50. The normalized spacial score (nSPS) is 26.5. The van der Waals surface area contributed by atoms with Gasteiger partial charge < -0.3 is 15.6 Å². The molecule has 0 bridgehead atoms. The molecule has 0 saturated carbocycles. The molecule has 0 fully saturated rings. The van der Waals surface area contributed by atoms with Crippen LogP contribution in [0.2, 0.25) is 0 Å². The van der Waals surface area contributed by atoms with Crippen LogP contribution >= 0.6 is 0 Å². The molecule has 0 aromatic rings. The molecular formula is C10H17NO2. The zero-order chi connectivity index (χ0) is 9.84. The Labute approximate surface area is 78.9 Å². The molecule has 0 aromatic heterocycles. The van der Waals surface area contributed by atoms with E-state index >= 15 is 0 Å². The SMILES string of the molecule is COC1=CC=CC([C@H](N)[C@H](C)O)C1. The standard InChI is InChI=1S/C10H17NO2/c1-7(12)10(11)8-4-3-5-9(6-8)13-2/h3-5,7-8,10,12H,6,11H2,1-2H3/t7-,8?,10+/m0/s1. The van der Waals surface area contributed by atoms with Gasteiger partial charge >= 0.3 is 0 Å². The van der Waals surface area contributed by atoms with Crippen LogP contribution in [-0.2, 0) is 4.74 Å². The number of aliphatic hydroxyl groups is 1. The number of allylic oxidation sites excluding steroid dienone is 3. The van der Waals surface area contributed by atoms with Gasteiger partial charge in [-0.3, -0.25) is 0 Å². The summed E-state index contributed by atoms with van der Waals surface area (Å²) in [6.45, 7) is 1.71. The number of nitrogens with two attached hydrogens (primary N) is 1. The molecule has 1 aliphatic carbocycles. The lowest BCUT2D eigenvalue weighted by Crippen LogP contribution is -2.39. The van der Waals surface area contributed by atoms with E-state index in [0.717, 1.165) is 12.2 Å². The summed E-state index contributed by atoms with van der Waals surface area (Å²) in [5.41, 5.74) is 5.82. The largest absolute Gasteiger partial charge is 0.501 e. The van der Waals surface area contributed by atoms with Gasteiger partial charge in [-0.2, -0.15) is 0 Å². The van der Waals surface area contributed by atoms with E-state index in [4.69, 9.17) is 10.5 Å². The first-order valence-electron chi connectivity index (χ1n) is 4.50. The van der Waals surface area contributed by atoms with Gasteiger partial charge in [0.1, 0.15) is 0 Å². The lowest BCUT2D eigenvalue weighted by Gasteiger charge is -2.25. The molecule has 3 N–H and O–H groups in total. The molecule has 1 aliphatic rings. The fourth-order valence-corrected chi connectivity index (χ4v) is 1.45. The van der Waals surface area contributed by atoms with E-state index in [-0.39, 0.29) is 12.0 Å². The molecule has 3 atom stereocenters. The van der Waals surface area contributed by atoms with Gasteiger partial charge in [0.05, 0.1) is 19.0 Å². The van der Waals surface area contributed by atoms with Crippen LogP contribution in [-0.4, -0.2) is 24.4 Å². The van der Waals surface area contributed by atoms with Gasteiger partial charge in [-0.15, -0.1) is 0 Å². The molecule has 74 valence electrons. The van der Waals surface area contributed by atoms with Crippen LogP contribution in [0, 0.1) is 5.92 Å². The summed E-state index contributed by atoms with van der Waals surface area (Å²) in [7, 11) is 1.65. The maximum atomic E-state index is 9.31. The van der Waals surface area contributed by atoms with Crippen molar-refractivity contribution in [1.82, 2.24) is 0 Å². The van der Waals surface area contributed by atoms with Gasteiger partial charge in [-0.05, 0) is 13.0 Å². The zero-order valence-corrected chi connectivity index (χ0v) is 8.10. The summed E-state index contributed by atoms with van der Waals surface area (Å²) in [6, 6.07) is -0.213. The lowest BCUT2D eigenvalue weighted by atomic mass is 9.89. The number of hydrogen-bond donors (Lipinski definition) is 2. The molecule has 1 unspecified atom stereocenters. The van der Waals surface area contributed by atoms with E-state index in [0.29, 0.717) is 0 Å². The predicted octanol–water partition coefficient (Wildman–Crippen LogP) is 0.801. The van der Waals surface area contributed by atoms with Gasteiger partial charge in [0, 0.05) is 18.4 Å². The molecule has 0 aromatic carbocycles. The average molecular weight is 183 g/mol. The smallest absolute Gasteiger partial charge is 0.0961 e. The second kappa shape index (κ2) is 4.44. The van der Waals surface area contributed by atoms with E-state index in [1.807, 2.05) is 18.2 Å². The average Bonchev–Trinajstić information content (AvgIpc) is 2.16. The Kier molecular flexibility index (Phi) is 3.51. The van der Waals surface area contributed by atoms with Crippen molar-refractivity contribution in [2.24, 2.45) is 11.7 Å². The minimum atomic E-state index is -0.481. The molecular weight excluding hydrogens is 166 g/mol. The maximum Gasteiger partial charge on any atom is 0.0961 e. The summed E-state index contributed by atoms with van der Waals surface area (Å²) in [6.07, 6.45) is 6.16. The van der Waals surface area contributed by atoms with E-state index in [9.17, 15) is 5.11 Å². The number of ether oxygens (including phenoxy) is 1. The van der Waals surface area contributed by atoms with Crippen molar-refractivity contribution >= 4 is 0 Å². The molecule has 3 heteroatoms. The summed E-state index contributed by atoms with van der Waals surface area (Å²) < 4.78 is 5.12. The molecule has 0 saturated heterocycles. The highest BCUT2D eigenvalue weighted by Gasteiger charge is 2.22.